The van der Waals surface area contributed by atoms with Crippen LogP contribution in [-0.4, -0.2) is 23.2 Å². The van der Waals surface area contributed by atoms with E-state index in [0.29, 0.717) is 10.6 Å². The highest BCUT2D eigenvalue weighted by Gasteiger charge is 2.28. The van der Waals surface area contributed by atoms with Crippen molar-refractivity contribution in [3.05, 3.63) is 69.1 Å². The van der Waals surface area contributed by atoms with Crippen LogP contribution >= 0.6 is 11.6 Å². The fourth-order valence-corrected chi connectivity index (χ4v) is 2.08. The minimum absolute atomic E-state index is 0.0408. The average molecular weight is 345 g/mol. The molecule has 1 aromatic carbocycles. The molecule has 0 radical (unpaired) electrons. The van der Waals surface area contributed by atoms with E-state index < -0.39 is 24.2 Å². The molecule has 1 heterocycles. The Morgan fingerprint density at radius 2 is 1.87 bits per heavy atom. The minimum atomic E-state index is -4.50. The first-order chi connectivity index (χ1) is 10.8. The summed E-state index contributed by atoms with van der Waals surface area (Å²) in [6.07, 6.45) is -3.29. The maximum Gasteiger partial charge on any atom is 0.405 e. The van der Waals surface area contributed by atoms with Gasteiger partial charge in [-0.05, 0) is 17.7 Å². The summed E-state index contributed by atoms with van der Waals surface area (Å²) in [5.41, 5.74) is 0.224. The highest BCUT2D eigenvalue weighted by Crippen LogP contribution is 2.16. The van der Waals surface area contributed by atoms with Crippen molar-refractivity contribution in [2.45, 2.75) is 12.7 Å². The predicted octanol–water partition coefficient (Wildman–Crippen LogP) is 2.84. The van der Waals surface area contributed by atoms with Crippen LogP contribution in [0.1, 0.15) is 15.9 Å². The zero-order chi connectivity index (χ0) is 17.0. The summed E-state index contributed by atoms with van der Waals surface area (Å²) in [6.45, 7) is -1.33. The Bertz CT molecular complexity index is 772. The maximum absolute atomic E-state index is 12.1. The molecule has 0 spiro atoms. The molecule has 8 heteroatoms. The van der Waals surface area contributed by atoms with E-state index in [0.717, 1.165) is 6.07 Å². The van der Waals surface area contributed by atoms with Crippen molar-refractivity contribution in [1.29, 1.82) is 0 Å². The van der Waals surface area contributed by atoms with Crippen LogP contribution in [-0.2, 0) is 6.54 Å². The second kappa shape index (κ2) is 6.87. The summed E-state index contributed by atoms with van der Waals surface area (Å²) in [4.78, 5) is 23.6. The molecule has 0 atom stereocenters. The summed E-state index contributed by atoms with van der Waals surface area (Å²) in [5.74, 6) is -0.907. The number of halogens is 4. The molecule has 0 aliphatic carbocycles. The summed E-state index contributed by atoms with van der Waals surface area (Å²) in [6, 6.07) is 9.14. The molecule has 0 aliphatic heterocycles. The number of pyridine rings is 1. The molecule has 2 rings (SSSR count). The quantitative estimate of drug-likeness (QED) is 0.927. The van der Waals surface area contributed by atoms with Gasteiger partial charge in [-0.2, -0.15) is 13.2 Å². The number of aromatic nitrogens is 1. The number of nitrogens with one attached hydrogen (secondary N) is 1. The van der Waals surface area contributed by atoms with Crippen molar-refractivity contribution in [2.24, 2.45) is 0 Å². The number of amides is 1. The molecule has 122 valence electrons. The van der Waals surface area contributed by atoms with E-state index in [-0.39, 0.29) is 12.1 Å². The molecule has 0 bridgehead atoms. The van der Waals surface area contributed by atoms with Crippen molar-refractivity contribution in [3.63, 3.8) is 0 Å². The van der Waals surface area contributed by atoms with E-state index in [2.05, 4.69) is 0 Å². The maximum atomic E-state index is 12.1. The molecular weight excluding hydrogens is 333 g/mol. The van der Waals surface area contributed by atoms with Crippen molar-refractivity contribution in [1.82, 2.24) is 9.88 Å². The Balaban J connectivity index is 2.21. The molecular formula is C15H12ClF3N2O2. The zero-order valence-electron chi connectivity index (χ0n) is 11.7. The molecule has 0 saturated heterocycles. The normalized spacial score (nSPS) is 11.3. The number of carbonyl (C=O) groups excluding carboxylic acids is 1. The second-order valence-electron chi connectivity index (χ2n) is 4.77. The first kappa shape index (κ1) is 17.1. The van der Waals surface area contributed by atoms with E-state index in [1.54, 1.807) is 29.6 Å². The minimum Gasteiger partial charge on any atom is -0.343 e. The first-order valence-electron chi connectivity index (χ1n) is 6.55. The fraction of sp³-hybridized carbons (Fsp3) is 0.200. The molecule has 0 unspecified atom stereocenters. The molecule has 0 fully saturated rings. The smallest absolute Gasteiger partial charge is 0.343 e. The number of alkyl halides is 3. The molecule has 0 saturated carbocycles. The van der Waals surface area contributed by atoms with Crippen LogP contribution < -0.4 is 10.9 Å². The average Bonchev–Trinajstić information content (AvgIpc) is 2.48. The van der Waals surface area contributed by atoms with Gasteiger partial charge in [0.1, 0.15) is 6.54 Å². The lowest BCUT2D eigenvalue weighted by Gasteiger charge is -2.11. The van der Waals surface area contributed by atoms with Crippen LogP contribution in [0.2, 0.25) is 5.02 Å². The van der Waals surface area contributed by atoms with E-state index in [1.165, 1.54) is 16.8 Å². The van der Waals surface area contributed by atoms with Gasteiger partial charge in [0.25, 0.3) is 11.5 Å². The standard InChI is InChI=1S/C15H12ClF3N2O2/c16-12-4-2-1-3-10(12)7-21-8-11(5-6-13(21)22)14(23)20-9-15(17,18)19/h1-6,8H,7,9H2,(H,20,23). The Morgan fingerprint density at radius 3 is 2.52 bits per heavy atom. The molecule has 2 aromatic rings. The second-order valence-corrected chi connectivity index (χ2v) is 5.18. The molecule has 1 N–H and O–H groups in total. The number of carbonyl (C=O) groups is 1. The van der Waals surface area contributed by atoms with Crippen molar-refractivity contribution >= 4 is 17.5 Å². The van der Waals surface area contributed by atoms with Gasteiger partial charge in [-0.25, -0.2) is 0 Å². The van der Waals surface area contributed by atoms with Crippen LogP contribution in [0.5, 0.6) is 0 Å². The van der Waals surface area contributed by atoms with Gasteiger partial charge >= 0.3 is 6.18 Å². The van der Waals surface area contributed by atoms with Crippen LogP contribution in [0.3, 0.4) is 0 Å². The third-order valence-corrected chi connectivity index (χ3v) is 3.36. The topological polar surface area (TPSA) is 51.1 Å². The lowest BCUT2D eigenvalue weighted by atomic mass is 10.2. The van der Waals surface area contributed by atoms with Crippen LogP contribution in [0.15, 0.2) is 47.4 Å². The lowest BCUT2D eigenvalue weighted by Crippen LogP contribution is -2.34. The Labute approximate surface area is 134 Å². The zero-order valence-corrected chi connectivity index (χ0v) is 12.5. The van der Waals surface area contributed by atoms with Gasteiger partial charge in [0, 0.05) is 17.3 Å². The van der Waals surface area contributed by atoms with Gasteiger partial charge in [-0.1, -0.05) is 29.8 Å². The number of nitrogens with zero attached hydrogens (tertiary/aromatic N) is 1. The van der Waals surface area contributed by atoms with Gasteiger partial charge in [0.05, 0.1) is 12.1 Å². The molecule has 0 aliphatic rings. The predicted molar refractivity (Wildman–Crippen MR) is 79.6 cm³/mol. The van der Waals surface area contributed by atoms with E-state index >= 15 is 0 Å². The van der Waals surface area contributed by atoms with Gasteiger partial charge in [-0.3, -0.25) is 9.59 Å². The third-order valence-electron chi connectivity index (χ3n) is 2.99. The monoisotopic (exact) mass is 344 g/mol. The fourth-order valence-electron chi connectivity index (χ4n) is 1.88. The van der Waals surface area contributed by atoms with Crippen molar-refractivity contribution in [2.75, 3.05) is 6.54 Å². The third kappa shape index (κ3) is 4.85. The number of rotatable bonds is 4. The SMILES string of the molecule is O=C(NCC(F)(F)F)c1ccc(=O)n(Cc2ccccc2Cl)c1. The van der Waals surface area contributed by atoms with E-state index in [4.69, 9.17) is 11.6 Å². The Hall–Kier alpha value is -2.28. The number of hydrogen-bond donors (Lipinski definition) is 1. The Morgan fingerprint density at radius 1 is 1.17 bits per heavy atom. The summed E-state index contributed by atoms with van der Waals surface area (Å²) in [7, 11) is 0. The highest BCUT2D eigenvalue weighted by molar-refractivity contribution is 6.31. The van der Waals surface area contributed by atoms with Gasteiger partial charge < -0.3 is 9.88 Å². The summed E-state index contributed by atoms with van der Waals surface area (Å²) in [5, 5.41) is 2.21. The molecule has 1 aromatic heterocycles. The largest absolute Gasteiger partial charge is 0.405 e. The van der Waals surface area contributed by atoms with Crippen molar-refractivity contribution in [3.8, 4) is 0 Å². The first-order valence-corrected chi connectivity index (χ1v) is 6.93. The molecule has 1 amide bonds. The summed E-state index contributed by atoms with van der Waals surface area (Å²) < 4.78 is 37.6. The van der Waals surface area contributed by atoms with Crippen LogP contribution in [0.25, 0.3) is 0 Å². The van der Waals surface area contributed by atoms with Crippen LogP contribution in [0.4, 0.5) is 13.2 Å². The highest BCUT2D eigenvalue weighted by atomic mass is 35.5. The van der Waals surface area contributed by atoms with Gasteiger partial charge in [-0.15, -0.1) is 0 Å². The summed E-state index contributed by atoms with van der Waals surface area (Å²) >= 11 is 6.01. The van der Waals surface area contributed by atoms with Gasteiger partial charge in [0.2, 0.25) is 0 Å². The van der Waals surface area contributed by atoms with Gasteiger partial charge in [0.15, 0.2) is 0 Å². The van der Waals surface area contributed by atoms with Crippen LogP contribution in [0, 0.1) is 0 Å². The molecule has 23 heavy (non-hydrogen) atoms. The van der Waals surface area contributed by atoms with E-state index in [9.17, 15) is 22.8 Å². The number of hydrogen-bond acceptors (Lipinski definition) is 2. The Kier molecular flexibility index (Phi) is 5.10. The van der Waals surface area contributed by atoms with E-state index in [1.807, 2.05) is 0 Å². The van der Waals surface area contributed by atoms with Crippen molar-refractivity contribution < 1.29 is 18.0 Å². The number of benzene rings is 1. The molecule has 4 nitrogen and oxygen atoms in total. The lowest BCUT2D eigenvalue weighted by molar-refractivity contribution is -0.123.